The van der Waals surface area contributed by atoms with Gasteiger partial charge in [-0.15, -0.1) is 10.2 Å². The molecule has 0 radical (unpaired) electrons. The van der Waals surface area contributed by atoms with Crippen LogP contribution in [0.4, 0.5) is 0 Å². The first-order valence-electron chi connectivity index (χ1n) is 5.49. The van der Waals surface area contributed by atoms with Crippen molar-refractivity contribution in [1.82, 2.24) is 10.2 Å². The summed E-state index contributed by atoms with van der Waals surface area (Å²) in [6, 6.07) is 5.66. The van der Waals surface area contributed by atoms with Gasteiger partial charge in [-0.2, -0.15) is 0 Å². The molecule has 0 bridgehead atoms. The summed E-state index contributed by atoms with van der Waals surface area (Å²) in [5.74, 6) is 1.12. The zero-order chi connectivity index (χ0) is 12.3. The van der Waals surface area contributed by atoms with Gasteiger partial charge in [0.05, 0.1) is 0 Å². The summed E-state index contributed by atoms with van der Waals surface area (Å²) in [7, 11) is 0. The summed E-state index contributed by atoms with van der Waals surface area (Å²) in [5, 5.41) is 8.65. The minimum absolute atomic E-state index is 0.502. The number of nitrogens with zero attached hydrogens (tertiary/aromatic N) is 2. The van der Waals surface area contributed by atoms with Crippen molar-refractivity contribution in [2.24, 2.45) is 5.73 Å². The number of nitrogens with two attached hydrogens (primary N) is 1. The quantitative estimate of drug-likeness (QED) is 0.907. The number of aryl methyl sites for hydroxylation is 2. The van der Waals surface area contributed by atoms with Crippen LogP contribution in [-0.4, -0.2) is 16.7 Å². The summed E-state index contributed by atoms with van der Waals surface area (Å²) >= 11 is 5.98. The molecule has 0 aliphatic rings. The Bertz CT molecular complexity index is 490. The molecule has 2 rings (SSSR count). The van der Waals surface area contributed by atoms with Gasteiger partial charge in [-0.3, -0.25) is 0 Å². The Balaban J connectivity index is 2.24. The lowest BCUT2D eigenvalue weighted by molar-refractivity contribution is 0.499. The highest BCUT2D eigenvalue weighted by Gasteiger charge is 2.09. The van der Waals surface area contributed by atoms with E-state index < -0.39 is 0 Å². The molecular formula is C12H14ClN3O. The zero-order valence-corrected chi connectivity index (χ0v) is 10.4. The normalized spacial score (nSPS) is 10.8. The van der Waals surface area contributed by atoms with Gasteiger partial charge in [-0.1, -0.05) is 11.6 Å². The first-order chi connectivity index (χ1) is 8.19. The Hall–Kier alpha value is -1.39. The van der Waals surface area contributed by atoms with Crippen LogP contribution in [0, 0.1) is 6.92 Å². The number of benzene rings is 1. The van der Waals surface area contributed by atoms with Crippen LogP contribution >= 0.6 is 11.6 Å². The molecule has 0 fully saturated rings. The van der Waals surface area contributed by atoms with Crippen molar-refractivity contribution in [3.8, 4) is 11.5 Å². The molecule has 2 N–H and O–H groups in total. The average Bonchev–Trinajstić information content (AvgIpc) is 2.73. The number of aromatic nitrogens is 2. The van der Waals surface area contributed by atoms with Crippen molar-refractivity contribution >= 4 is 11.6 Å². The van der Waals surface area contributed by atoms with Crippen molar-refractivity contribution in [2.45, 2.75) is 19.8 Å². The Morgan fingerprint density at radius 2 is 2.12 bits per heavy atom. The van der Waals surface area contributed by atoms with Gasteiger partial charge in [0.15, 0.2) is 0 Å². The summed E-state index contributed by atoms with van der Waals surface area (Å²) in [5.41, 5.74) is 7.34. The second-order valence-corrected chi connectivity index (χ2v) is 4.35. The monoisotopic (exact) mass is 251 g/mol. The van der Waals surface area contributed by atoms with Crippen LogP contribution in [0.3, 0.4) is 0 Å². The maximum absolute atomic E-state index is 5.98. The van der Waals surface area contributed by atoms with Crippen molar-refractivity contribution in [1.29, 1.82) is 0 Å². The average molecular weight is 252 g/mol. The fraction of sp³-hybridized carbons (Fsp3) is 0.333. The highest BCUT2D eigenvalue weighted by Crippen LogP contribution is 2.23. The van der Waals surface area contributed by atoms with E-state index in [1.54, 1.807) is 0 Å². The summed E-state index contributed by atoms with van der Waals surface area (Å²) in [4.78, 5) is 0. The highest BCUT2D eigenvalue weighted by molar-refractivity contribution is 6.30. The summed E-state index contributed by atoms with van der Waals surface area (Å²) in [6.07, 6.45) is 1.55. The molecule has 1 aromatic heterocycles. The van der Waals surface area contributed by atoms with E-state index >= 15 is 0 Å². The standard InChI is InChI=1S/C12H14ClN3O/c1-8-5-9(7-10(13)6-8)12-16-15-11(17-12)3-2-4-14/h5-7H,2-4,14H2,1H3. The second kappa shape index (κ2) is 5.29. The van der Waals surface area contributed by atoms with Crippen LogP contribution in [0.25, 0.3) is 11.5 Å². The molecule has 90 valence electrons. The predicted octanol–water partition coefficient (Wildman–Crippen LogP) is 2.59. The highest BCUT2D eigenvalue weighted by atomic mass is 35.5. The molecular weight excluding hydrogens is 238 g/mol. The molecule has 1 aromatic carbocycles. The molecule has 0 saturated carbocycles. The van der Waals surface area contributed by atoms with Gasteiger partial charge in [-0.05, 0) is 43.7 Å². The van der Waals surface area contributed by atoms with Gasteiger partial charge in [0.25, 0.3) is 0 Å². The van der Waals surface area contributed by atoms with E-state index in [4.69, 9.17) is 21.8 Å². The third-order valence-corrected chi connectivity index (χ3v) is 2.57. The SMILES string of the molecule is Cc1cc(Cl)cc(-c2nnc(CCCN)o2)c1. The van der Waals surface area contributed by atoms with E-state index in [-0.39, 0.29) is 0 Å². The van der Waals surface area contributed by atoms with E-state index in [2.05, 4.69) is 10.2 Å². The smallest absolute Gasteiger partial charge is 0.247 e. The van der Waals surface area contributed by atoms with Crippen LogP contribution in [0.15, 0.2) is 22.6 Å². The van der Waals surface area contributed by atoms with Gasteiger partial charge in [0.1, 0.15) is 0 Å². The third kappa shape index (κ3) is 3.05. The topological polar surface area (TPSA) is 64.9 Å². The molecule has 0 amide bonds. The van der Waals surface area contributed by atoms with Crippen LogP contribution < -0.4 is 5.73 Å². The molecule has 4 nitrogen and oxygen atoms in total. The zero-order valence-electron chi connectivity index (χ0n) is 9.61. The lowest BCUT2D eigenvalue weighted by atomic mass is 10.1. The molecule has 17 heavy (non-hydrogen) atoms. The van der Waals surface area contributed by atoms with Crippen molar-refractivity contribution in [3.05, 3.63) is 34.7 Å². The predicted molar refractivity (Wildman–Crippen MR) is 66.9 cm³/mol. The molecule has 0 spiro atoms. The Labute approximate surface area is 105 Å². The lowest BCUT2D eigenvalue weighted by Gasteiger charge is -1.98. The minimum atomic E-state index is 0.502. The Morgan fingerprint density at radius 1 is 1.29 bits per heavy atom. The Morgan fingerprint density at radius 3 is 2.82 bits per heavy atom. The molecule has 0 aliphatic heterocycles. The van der Waals surface area contributed by atoms with Crippen molar-refractivity contribution in [3.63, 3.8) is 0 Å². The molecule has 0 saturated heterocycles. The van der Waals surface area contributed by atoms with Gasteiger partial charge in [0.2, 0.25) is 11.8 Å². The van der Waals surface area contributed by atoms with E-state index in [0.29, 0.717) is 29.8 Å². The largest absolute Gasteiger partial charge is 0.421 e. The van der Waals surface area contributed by atoms with Gasteiger partial charge in [0, 0.05) is 17.0 Å². The van der Waals surface area contributed by atoms with Gasteiger partial charge in [-0.25, -0.2) is 0 Å². The molecule has 0 aliphatic carbocycles. The maximum Gasteiger partial charge on any atom is 0.247 e. The third-order valence-electron chi connectivity index (χ3n) is 2.35. The van der Waals surface area contributed by atoms with Crippen molar-refractivity contribution < 1.29 is 4.42 Å². The first-order valence-corrected chi connectivity index (χ1v) is 5.87. The fourth-order valence-corrected chi connectivity index (χ4v) is 1.87. The van der Waals surface area contributed by atoms with Crippen LogP contribution in [0.1, 0.15) is 17.9 Å². The van der Waals surface area contributed by atoms with Crippen LogP contribution in [0.2, 0.25) is 5.02 Å². The molecule has 0 atom stereocenters. The lowest BCUT2D eigenvalue weighted by Crippen LogP contribution is -2.00. The summed E-state index contributed by atoms with van der Waals surface area (Å²) in [6.45, 7) is 2.59. The van der Waals surface area contributed by atoms with Crippen LogP contribution in [0.5, 0.6) is 0 Å². The van der Waals surface area contributed by atoms with E-state index in [1.807, 2.05) is 25.1 Å². The fourth-order valence-electron chi connectivity index (χ4n) is 1.58. The number of hydrogen-bond acceptors (Lipinski definition) is 4. The Kier molecular flexibility index (Phi) is 3.76. The number of rotatable bonds is 4. The maximum atomic E-state index is 5.98. The number of halogens is 1. The molecule has 1 heterocycles. The van der Waals surface area contributed by atoms with Crippen molar-refractivity contribution in [2.75, 3.05) is 6.54 Å². The van der Waals surface area contributed by atoms with E-state index in [9.17, 15) is 0 Å². The first kappa shape index (κ1) is 12.1. The van der Waals surface area contributed by atoms with Gasteiger partial charge >= 0.3 is 0 Å². The molecule has 0 unspecified atom stereocenters. The number of hydrogen-bond donors (Lipinski definition) is 1. The van der Waals surface area contributed by atoms with Crippen LogP contribution in [-0.2, 0) is 6.42 Å². The minimum Gasteiger partial charge on any atom is -0.421 e. The summed E-state index contributed by atoms with van der Waals surface area (Å²) < 4.78 is 5.55. The van der Waals surface area contributed by atoms with E-state index in [1.165, 1.54) is 0 Å². The van der Waals surface area contributed by atoms with Gasteiger partial charge < -0.3 is 10.2 Å². The molecule has 5 heteroatoms. The second-order valence-electron chi connectivity index (χ2n) is 3.91. The molecule has 2 aromatic rings. The van der Waals surface area contributed by atoms with E-state index in [0.717, 1.165) is 17.5 Å².